The Morgan fingerprint density at radius 3 is 1.09 bits per heavy atom. The van der Waals surface area contributed by atoms with Crippen molar-refractivity contribution in [3.05, 3.63) is 307 Å². The summed E-state index contributed by atoms with van der Waals surface area (Å²) in [5.41, 5.74) is 10.1. The first-order valence-electron chi connectivity index (χ1n) is 40.4. The first kappa shape index (κ1) is 34.5. The molecule has 15 aromatic rings. The summed E-state index contributed by atoms with van der Waals surface area (Å²) in [6.45, 7) is 0.209. The molecule has 0 unspecified atom stereocenters. The van der Waals surface area contributed by atoms with Crippen LogP contribution in [0.3, 0.4) is 0 Å². The van der Waals surface area contributed by atoms with Gasteiger partial charge < -0.3 is 18.9 Å². The van der Waals surface area contributed by atoms with E-state index in [1.54, 1.807) is 48.5 Å². The number of aryl methyl sites for hydroxylation is 2. The number of hydrogen-bond acceptors (Lipinski definition) is 2. The molecule has 0 saturated heterocycles. The van der Waals surface area contributed by atoms with E-state index in [1.807, 2.05) is 133 Å². The van der Waals surface area contributed by atoms with E-state index >= 15 is 0 Å². The van der Waals surface area contributed by atoms with Gasteiger partial charge in [0, 0.05) is 86.1 Å². The van der Waals surface area contributed by atoms with Crippen LogP contribution in [0.1, 0.15) is 67.6 Å². The normalized spacial score (nSPS) is 16.5. The highest BCUT2D eigenvalue weighted by Gasteiger charge is 2.46. The highest BCUT2D eigenvalue weighted by molar-refractivity contribution is 7.00. The number of aromatic nitrogens is 2. The lowest BCUT2D eigenvalue weighted by molar-refractivity contribution is 0.590. The van der Waals surface area contributed by atoms with Crippen molar-refractivity contribution in [3.8, 4) is 55.9 Å². The Morgan fingerprint density at radius 2 is 0.708 bits per heavy atom. The quantitative estimate of drug-likeness (QED) is 0.141. The van der Waals surface area contributed by atoms with E-state index in [0.717, 1.165) is 16.7 Å². The lowest BCUT2D eigenvalue weighted by Gasteiger charge is -2.46. The van der Waals surface area contributed by atoms with Crippen molar-refractivity contribution in [1.82, 2.24) is 9.13 Å². The van der Waals surface area contributed by atoms with Gasteiger partial charge in [0.2, 0.25) is 0 Å². The van der Waals surface area contributed by atoms with E-state index in [-0.39, 0.29) is 66.1 Å². The number of rotatable bonds is 8. The zero-order chi connectivity index (χ0) is 78.6. The first-order chi connectivity index (χ1) is 52.7. The van der Waals surface area contributed by atoms with Crippen LogP contribution in [0, 0.1) is 13.7 Å². The number of fused-ring (bicyclic) bond motifs is 10. The molecule has 0 fully saturated rings. The minimum absolute atomic E-state index is 0.0654. The summed E-state index contributed by atoms with van der Waals surface area (Å²) >= 11 is 0. The minimum atomic E-state index is -2.56. The molecule has 2 aliphatic rings. The number of benzene rings is 13. The molecule has 0 aliphatic carbocycles. The van der Waals surface area contributed by atoms with Gasteiger partial charge in [-0.05, 0) is 124 Å². The number of nitrogens with zero attached hydrogens (tertiary/aromatic N) is 4. The van der Waals surface area contributed by atoms with Crippen LogP contribution >= 0.6 is 0 Å². The molecule has 5 heteroatoms. The van der Waals surface area contributed by atoms with E-state index in [9.17, 15) is 16.4 Å². The van der Waals surface area contributed by atoms with Crippen LogP contribution in [-0.4, -0.2) is 15.8 Å². The third kappa shape index (κ3) is 8.29. The summed E-state index contributed by atoms with van der Waals surface area (Å²) in [4.78, 5) is 4.25. The third-order valence-electron chi connectivity index (χ3n) is 17.5. The Balaban J connectivity index is 1.10. The maximum atomic E-state index is 9.75. The van der Waals surface area contributed by atoms with Gasteiger partial charge in [-0.25, -0.2) is 0 Å². The molecule has 89 heavy (non-hydrogen) atoms. The zero-order valence-electron chi connectivity index (χ0n) is 70.3. The Bertz CT molecular complexity index is 6040. The highest BCUT2D eigenvalue weighted by Crippen LogP contribution is 2.54. The molecule has 0 radical (unpaired) electrons. The summed E-state index contributed by atoms with van der Waals surface area (Å²) in [7, 11) is 0. The van der Waals surface area contributed by atoms with Gasteiger partial charge in [0.15, 0.2) is 0 Å². The van der Waals surface area contributed by atoms with E-state index in [0.29, 0.717) is 83.9 Å². The predicted octanol–water partition coefficient (Wildman–Crippen LogP) is 20.5. The van der Waals surface area contributed by atoms with Crippen LogP contribution in [-0.2, 0) is 5.41 Å². The van der Waals surface area contributed by atoms with Crippen molar-refractivity contribution in [1.29, 1.82) is 0 Å². The average molecular weight is 1160 g/mol. The molecule has 17 rings (SSSR count). The molecule has 2 aliphatic heterocycles. The lowest BCUT2D eigenvalue weighted by atomic mass is 9.33. The van der Waals surface area contributed by atoms with Gasteiger partial charge in [0.25, 0.3) is 6.71 Å². The van der Waals surface area contributed by atoms with Crippen LogP contribution in [0.2, 0.25) is 0 Å². The molecule has 422 valence electrons. The topological polar surface area (TPSA) is 16.3 Å². The molecule has 4 heterocycles. The Morgan fingerprint density at radius 1 is 0.348 bits per heavy atom. The van der Waals surface area contributed by atoms with Gasteiger partial charge in [-0.15, -0.1) is 0 Å². The fourth-order valence-electron chi connectivity index (χ4n) is 13.6. The zero-order valence-corrected chi connectivity index (χ0v) is 48.3. The molecular formula is C84H63BN4. The molecule has 0 atom stereocenters. The van der Waals surface area contributed by atoms with E-state index < -0.39 is 123 Å². The molecule has 0 amide bonds. The highest BCUT2D eigenvalue weighted by atomic mass is 15.2. The predicted molar refractivity (Wildman–Crippen MR) is 379 cm³/mol. The van der Waals surface area contributed by atoms with Gasteiger partial charge in [-0.1, -0.05) is 262 Å². The van der Waals surface area contributed by atoms with Gasteiger partial charge in [-0.2, -0.15) is 0 Å². The Kier molecular flexibility index (Phi) is 7.89. The Labute approximate surface area is 551 Å². The summed E-state index contributed by atoms with van der Waals surface area (Å²) in [6, 6.07) is 50.5. The number of para-hydroxylation sites is 6. The fraction of sp³-hybridized carbons (Fsp3) is 0.0714. The van der Waals surface area contributed by atoms with Crippen molar-refractivity contribution in [3.63, 3.8) is 0 Å². The van der Waals surface area contributed by atoms with Crippen molar-refractivity contribution >= 4 is 101 Å². The molecule has 0 bridgehead atoms. The van der Waals surface area contributed by atoms with Gasteiger partial charge in [0.1, 0.15) is 0 Å². The second kappa shape index (κ2) is 20.4. The monoisotopic (exact) mass is 1160 g/mol. The molecule has 4 nitrogen and oxygen atoms in total. The van der Waals surface area contributed by atoms with E-state index in [4.69, 9.17) is 13.7 Å². The summed E-state index contributed by atoms with van der Waals surface area (Å²) in [5, 5.41) is -0.556. The number of anilines is 6. The van der Waals surface area contributed by atoms with Gasteiger partial charge in [0.05, 0.1) is 55.4 Å². The molecule has 0 saturated carbocycles. The summed E-state index contributed by atoms with van der Waals surface area (Å²) < 4.78 is 205. The lowest BCUT2D eigenvalue weighted by Crippen LogP contribution is -2.61. The van der Waals surface area contributed by atoms with Crippen LogP contribution in [0.5, 0.6) is 0 Å². The molecular weight excluding hydrogens is 1080 g/mol. The standard InChI is InChI=1S/C84H63BN4/c1-54-24-20-30-58(48-54)65-38-22-36-63(56-26-8-6-9-27-56)82(65)88-77-52-61(86-73-40-16-12-32-67(73)68-33-13-17-41-74(68)86)44-46-71(77)85-72-47-45-62(87-75-42-18-14-34-69(75)70-35-15-19-43-76(70)87)53-78(72)89(80-51-60(84(3,4)5)50-79(88)81(80)85)83-64(57-28-10-7-11-29-57)37-23-39-66(83)59-31-21-25-55(2)49-59/h6-53H,1-5H3/i1D3,2D3,12D,13D,14D,15D,16D,17D,18D,19D,32D,33D,34D,35D,40D,41D,42D,43D. The maximum Gasteiger partial charge on any atom is 0.252 e. The third-order valence-corrected chi connectivity index (χ3v) is 17.5. The fourth-order valence-corrected chi connectivity index (χ4v) is 13.6. The minimum Gasteiger partial charge on any atom is -0.310 e. The van der Waals surface area contributed by atoms with Gasteiger partial charge in [-0.3, -0.25) is 0 Å². The molecule has 2 aromatic heterocycles. The first-order valence-corrected chi connectivity index (χ1v) is 29.4. The summed E-state index contributed by atoms with van der Waals surface area (Å²) in [5.74, 6) is 0. The van der Waals surface area contributed by atoms with Crippen LogP contribution < -0.4 is 26.2 Å². The SMILES string of the molecule is [2H]c1c([2H])c([2H])c2c(c1[2H])c1c([2H])c([2H])c([2H])c([2H])c1n2-c1ccc2c(c1)N(c1c(-c3ccccc3)cccc1-c1cccc(C([2H])([2H])[2H])c1)c1cc(C(C)(C)C)cc3c1B2c1ccc(-n2c4c([2H])c([2H])c([2H])c([2H])c4c4c([2H])c([2H])c([2H])c([2H])c42)cc1N3c1c(-c2ccccc2)cccc1-c1cccc(C([2H])([2H])[2H])c1. The largest absolute Gasteiger partial charge is 0.310 e. The Hall–Kier alpha value is -10.9. The van der Waals surface area contributed by atoms with Crippen molar-refractivity contribution in [2.45, 2.75) is 39.9 Å². The second-order valence-corrected chi connectivity index (χ2v) is 23.6. The smallest absolute Gasteiger partial charge is 0.252 e. The average Bonchev–Trinajstić information content (AvgIpc) is 1.54. The van der Waals surface area contributed by atoms with Crippen molar-refractivity contribution in [2.24, 2.45) is 0 Å². The van der Waals surface area contributed by atoms with Crippen molar-refractivity contribution < 1.29 is 30.2 Å². The number of hydrogen-bond donors (Lipinski definition) is 0. The molecule has 0 spiro atoms. The van der Waals surface area contributed by atoms with Gasteiger partial charge >= 0.3 is 0 Å². The van der Waals surface area contributed by atoms with Crippen LogP contribution in [0.15, 0.2) is 291 Å². The van der Waals surface area contributed by atoms with E-state index in [2.05, 4.69) is 42.7 Å². The maximum absolute atomic E-state index is 9.75. The summed E-state index contributed by atoms with van der Waals surface area (Å²) in [6.07, 6.45) is 0. The molecule has 0 N–H and O–H groups in total. The second-order valence-electron chi connectivity index (χ2n) is 23.6. The van der Waals surface area contributed by atoms with E-state index in [1.165, 1.54) is 9.13 Å². The molecule has 13 aromatic carbocycles. The van der Waals surface area contributed by atoms with Crippen molar-refractivity contribution in [2.75, 3.05) is 9.80 Å². The van der Waals surface area contributed by atoms with Crippen LogP contribution in [0.4, 0.5) is 34.1 Å². The van der Waals surface area contributed by atoms with Crippen LogP contribution in [0.25, 0.3) is 99.5 Å².